The van der Waals surface area contributed by atoms with E-state index in [1.807, 2.05) is 27.7 Å². The van der Waals surface area contributed by atoms with Gasteiger partial charge in [0.1, 0.15) is 5.60 Å². The minimum absolute atomic E-state index is 0.275. The number of hydrogen-bond donors (Lipinski definition) is 2. The maximum atomic E-state index is 12.1. The molecule has 0 saturated carbocycles. The Kier molecular flexibility index (Phi) is 6.24. The molecule has 2 atom stereocenters. The van der Waals surface area contributed by atoms with Crippen LogP contribution in [0.4, 0.5) is 10.6 Å². The first-order valence-electron chi connectivity index (χ1n) is 7.38. The molecule has 1 rings (SSSR count). The third-order valence-corrected chi connectivity index (χ3v) is 4.25. The third-order valence-electron chi connectivity index (χ3n) is 2.57. The predicted octanol–water partition coefficient (Wildman–Crippen LogP) is 2.94. The SMILES string of the molecule is CC(NS(=O)C(C)(C)C)c1cncc(NC(=O)OC(C)(C)C)n1. The first-order valence-corrected chi connectivity index (χ1v) is 8.53. The van der Waals surface area contributed by atoms with Gasteiger partial charge in [0, 0.05) is 0 Å². The van der Waals surface area contributed by atoms with E-state index in [1.165, 1.54) is 6.20 Å². The first-order chi connectivity index (χ1) is 10.4. The lowest BCUT2D eigenvalue weighted by molar-refractivity contribution is 0.0635. The highest BCUT2D eigenvalue weighted by Gasteiger charge is 2.22. The fourth-order valence-electron chi connectivity index (χ4n) is 1.46. The van der Waals surface area contributed by atoms with Gasteiger partial charge in [0.2, 0.25) is 0 Å². The Morgan fingerprint density at radius 2 is 1.83 bits per heavy atom. The minimum Gasteiger partial charge on any atom is -0.444 e. The Hall–Kier alpha value is -1.54. The molecule has 8 heteroatoms. The highest BCUT2D eigenvalue weighted by atomic mass is 32.2. The van der Waals surface area contributed by atoms with Gasteiger partial charge in [-0.3, -0.25) is 10.3 Å². The van der Waals surface area contributed by atoms with Crippen molar-refractivity contribution in [3.63, 3.8) is 0 Å². The van der Waals surface area contributed by atoms with Crippen molar-refractivity contribution < 1.29 is 13.7 Å². The largest absolute Gasteiger partial charge is 0.444 e. The number of ether oxygens (including phenoxy) is 1. The highest BCUT2D eigenvalue weighted by molar-refractivity contribution is 7.84. The second-order valence-corrected chi connectivity index (χ2v) is 9.17. The molecule has 0 aromatic carbocycles. The Labute approximate surface area is 140 Å². The van der Waals surface area contributed by atoms with Gasteiger partial charge in [-0.2, -0.15) is 0 Å². The van der Waals surface area contributed by atoms with Gasteiger partial charge in [-0.15, -0.1) is 0 Å². The van der Waals surface area contributed by atoms with Crippen LogP contribution in [0.1, 0.15) is 60.2 Å². The van der Waals surface area contributed by atoms with Crippen molar-refractivity contribution in [2.45, 2.75) is 64.9 Å². The molecule has 130 valence electrons. The third kappa shape index (κ3) is 7.04. The second-order valence-electron chi connectivity index (χ2n) is 7.18. The molecule has 0 aliphatic rings. The summed E-state index contributed by atoms with van der Waals surface area (Å²) in [5.41, 5.74) is -0.00993. The lowest BCUT2D eigenvalue weighted by Crippen LogP contribution is -2.35. The fraction of sp³-hybridized carbons (Fsp3) is 0.667. The van der Waals surface area contributed by atoms with E-state index in [1.54, 1.807) is 27.0 Å². The zero-order valence-electron chi connectivity index (χ0n) is 14.8. The monoisotopic (exact) mass is 342 g/mol. The molecule has 0 spiro atoms. The van der Waals surface area contributed by atoms with E-state index in [4.69, 9.17) is 4.74 Å². The van der Waals surface area contributed by atoms with Crippen molar-refractivity contribution in [1.29, 1.82) is 0 Å². The van der Waals surface area contributed by atoms with E-state index >= 15 is 0 Å². The standard InChI is InChI=1S/C15H26N4O3S/c1-10(19-23(21)15(5,6)7)11-8-16-9-12(17-11)18-13(20)22-14(2,3)4/h8-10,19H,1-7H3,(H,17,18,20). The van der Waals surface area contributed by atoms with Crippen molar-refractivity contribution in [2.24, 2.45) is 0 Å². The lowest BCUT2D eigenvalue weighted by atomic mass is 10.2. The van der Waals surface area contributed by atoms with Gasteiger partial charge in [0.15, 0.2) is 5.82 Å². The Morgan fingerprint density at radius 3 is 2.35 bits per heavy atom. The molecule has 0 fully saturated rings. The van der Waals surface area contributed by atoms with E-state index in [9.17, 15) is 9.00 Å². The maximum Gasteiger partial charge on any atom is 0.413 e. The lowest BCUT2D eigenvalue weighted by Gasteiger charge is -2.22. The van der Waals surface area contributed by atoms with E-state index in [2.05, 4.69) is 20.0 Å². The van der Waals surface area contributed by atoms with Crippen molar-refractivity contribution >= 4 is 22.9 Å². The summed E-state index contributed by atoms with van der Waals surface area (Å²) in [5.74, 6) is 0.284. The summed E-state index contributed by atoms with van der Waals surface area (Å²) in [4.78, 5) is 20.1. The molecule has 1 amide bonds. The van der Waals surface area contributed by atoms with Gasteiger partial charge in [-0.25, -0.2) is 18.7 Å². The van der Waals surface area contributed by atoms with Gasteiger partial charge in [-0.05, 0) is 48.5 Å². The molecule has 0 radical (unpaired) electrons. The first kappa shape index (κ1) is 19.5. The average molecular weight is 342 g/mol. The van der Waals surface area contributed by atoms with Crippen molar-refractivity contribution in [1.82, 2.24) is 14.7 Å². The Morgan fingerprint density at radius 1 is 1.22 bits per heavy atom. The van der Waals surface area contributed by atoms with Gasteiger partial charge in [0.25, 0.3) is 0 Å². The number of nitrogens with zero attached hydrogens (tertiary/aromatic N) is 2. The smallest absolute Gasteiger partial charge is 0.413 e. The fourth-order valence-corrected chi connectivity index (χ4v) is 2.25. The summed E-state index contributed by atoms with van der Waals surface area (Å²) >= 11 is 0. The topological polar surface area (TPSA) is 93.2 Å². The number of carbonyl (C=O) groups excluding carboxylic acids is 1. The molecule has 0 aliphatic heterocycles. The summed E-state index contributed by atoms with van der Waals surface area (Å²) in [6.07, 6.45) is 2.40. The molecule has 0 aliphatic carbocycles. The summed E-state index contributed by atoms with van der Waals surface area (Å²) < 4.78 is 19.9. The van der Waals surface area contributed by atoms with Crippen LogP contribution in [-0.2, 0) is 15.7 Å². The highest BCUT2D eigenvalue weighted by Crippen LogP contribution is 2.16. The summed E-state index contributed by atoms with van der Waals surface area (Å²) in [5, 5.41) is 2.54. The maximum absolute atomic E-state index is 12.1. The predicted molar refractivity (Wildman–Crippen MR) is 91.3 cm³/mol. The Balaban J connectivity index is 2.77. The van der Waals surface area contributed by atoms with Crippen molar-refractivity contribution in [2.75, 3.05) is 5.32 Å². The van der Waals surface area contributed by atoms with Crippen LogP contribution in [0.3, 0.4) is 0 Å². The minimum atomic E-state index is -1.23. The average Bonchev–Trinajstić information content (AvgIpc) is 2.35. The quantitative estimate of drug-likeness (QED) is 0.877. The van der Waals surface area contributed by atoms with Crippen LogP contribution in [0.5, 0.6) is 0 Å². The molecule has 23 heavy (non-hydrogen) atoms. The molecule has 0 bridgehead atoms. The van der Waals surface area contributed by atoms with Crippen molar-refractivity contribution in [3.05, 3.63) is 18.1 Å². The normalized spacial score (nSPS) is 14.9. The molecule has 7 nitrogen and oxygen atoms in total. The van der Waals surface area contributed by atoms with Crippen LogP contribution in [0.15, 0.2) is 12.4 Å². The number of carbonyl (C=O) groups is 1. The van der Waals surface area contributed by atoms with Gasteiger partial charge < -0.3 is 4.74 Å². The molecule has 1 heterocycles. The van der Waals surface area contributed by atoms with E-state index in [0.29, 0.717) is 5.69 Å². The summed E-state index contributed by atoms with van der Waals surface area (Å²) in [6, 6.07) is -0.275. The van der Waals surface area contributed by atoms with Crippen molar-refractivity contribution in [3.8, 4) is 0 Å². The molecule has 1 aromatic rings. The molecule has 2 unspecified atom stereocenters. The molecular weight excluding hydrogens is 316 g/mol. The van der Waals surface area contributed by atoms with Gasteiger partial charge >= 0.3 is 6.09 Å². The van der Waals surface area contributed by atoms with Crippen LogP contribution in [0, 0.1) is 0 Å². The number of amides is 1. The molecule has 2 N–H and O–H groups in total. The second kappa shape index (κ2) is 7.35. The summed E-state index contributed by atoms with van der Waals surface area (Å²) in [7, 11) is -1.23. The number of anilines is 1. The Bertz CT molecular complexity index is 579. The van der Waals surface area contributed by atoms with Crippen LogP contribution in [-0.4, -0.2) is 30.6 Å². The van der Waals surface area contributed by atoms with Crippen LogP contribution >= 0.6 is 0 Å². The molecule has 1 aromatic heterocycles. The summed E-state index contributed by atoms with van der Waals surface area (Å²) in [6.45, 7) is 12.8. The zero-order valence-corrected chi connectivity index (χ0v) is 15.6. The van der Waals surface area contributed by atoms with E-state index < -0.39 is 22.7 Å². The van der Waals surface area contributed by atoms with E-state index in [-0.39, 0.29) is 16.6 Å². The number of rotatable bonds is 4. The number of hydrogen-bond acceptors (Lipinski definition) is 5. The zero-order chi connectivity index (χ0) is 17.8. The van der Waals surface area contributed by atoms with Gasteiger partial charge in [0.05, 0.1) is 39.9 Å². The number of aromatic nitrogens is 2. The molecule has 0 saturated heterocycles. The van der Waals surface area contributed by atoms with Gasteiger partial charge in [-0.1, -0.05) is 0 Å². The number of nitrogens with one attached hydrogen (secondary N) is 2. The molecular formula is C15H26N4O3S. The van der Waals surface area contributed by atoms with Crippen LogP contribution in [0.25, 0.3) is 0 Å². The van der Waals surface area contributed by atoms with Crippen LogP contribution < -0.4 is 10.0 Å². The van der Waals surface area contributed by atoms with E-state index in [0.717, 1.165) is 0 Å². The van der Waals surface area contributed by atoms with Crippen LogP contribution in [0.2, 0.25) is 0 Å².